The molecule has 0 bridgehead atoms. The number of benzene rings is 8. The maximum absolute atomic E-state index is 8.97. The first-order valence-corrected chi connectivity index (χ1v) is 17.1. The van der Waals surface area contributed by atoms with Gasteiger partial charge >= 0.3 is 0 Å². The third-order valence-electron chi connectivity index (χ3n) is 9.05. The smallest absolute Gasteiger partial charge is 0.164 e. The molecule has 8 aromatic carbocycles. The number of thiophene rings is 1. The summed E-state index contributed by atoms with van der Waals surface area (Å²) in [5.74, 6) is 1.23. The van der Waals surface area contributed by atoms with Gasteiger partial charge in [0.05, 0.1) is 13.7 Å². The second-order valence-corrected chi connectivity index (χ2v) is 13.2. The van der Waals surface area contributed by atoms with Crippen LogP contribution >= 0.6 is 11.3 Å². The Morgan fingerprint density at radius 3 is 1.61 bits per heavy atom. The van der Waals surface area contributed by atoms with E-state index in [1.54, 1.807) is 12.1 Å². The van der Waals surface area contributed by atoms with Crippen LogP contribution in [0.5, 0.6) is 0 Å². The second-order valence-electron chi connectivity index (χ2n) is 12.1. The number of fused-ring (bicyclic) bond motifs is 5. The molecule has 10 aromatic rings. The van der Waals surface area contributed by atoms with Gasteiger partial charge in [-0.15, -0.1) is 11.3 Å². The van der Waals surface area contributed by atoms with Crippen LogP contribution in [0.4, 0.5) is 0 Å². The first-order chi connectivity index (χ1) is 29.4. The zero-order valence-corrected chi connectivity index (χ0v) is 27.5. The van der Waals surface area contributed by atoms with E-state index in [1.165, 1.54) is 11.3 Å². The summed E-state index contributed by atoms with van der Waals surface area (Å²) in [5, 5.41) is 5.39. The van der Waals surface area contributed by atoms with E-state index in [4.69, 9.17) is 28.7 Å². The van der Waals surface area contributed by atoms with Crippen LogP contribution in [0, 0.1) is 0 Å². The Bertz CT molecular complexity index is 3360. The van der Waals surface area contributed by atoms with Gasteiger partial charge in [-0.3, -0.25) is 0 Å². The van der Waals surface area contributed by atoms with Crippen molar-refractivity contribution in [2.24, 2.45) is 0 Å². The Labute approximate surface area is 313 Å². The molecule has 0 N–H and O–H groups in total. The van der Waals surface area contributed by atoms with Crippen molar-refractivity contribution in [3.63, 3.8) is 0 Å². The first-order valence-electron chi connectivity index (χ1n) is 21.3. The van der Waals surface area contributed by atoms with E-state index < -0.39 is 60.4 Å². The lowest BCUT2D eigenvalue weighted by molar-refractivity contribution is 1.08. The van der Waals surface area contributed by atoms with E-state index in [0.717, 1.165) is 37.4 Å². The fourth-order valence-electron chi connectivity index (χ4n) is 6.64. The van der Waals surface area contributed by atoms with Crippen LogP contribution < -0.4 is 0 Å². The molecule has 4 heteroatoms. The van der Waals surface area contributed by atoms with Gasteiger partial charge in [0.1, 0.15) is 0 Å². The number of aromatic nitrogens is 3. The Balaban J connectivity index is 1.30. The maximum Gasteiger partial charge on any atom is 0.164 e. The van der Waals surface area contributed by atoms with E-state index in [-0.39, 0.29) is 22.3 Å². The van der Waals surface area contributed by atoms with Crippen LogP contribution in [-0.4, -0.2) is 15.0 Å². The van der Waals surface area contributed by atoms with Gasteiger partial charge in [0, 0.05) is 42.4 Å². The highest BCUT2D eigenvalue weighted by atomic mass is 32.1. The van der Waals surface area contributed by atoms with E-state index in [9.17, 15) is 0 Å². The third kappa shape index (κ3) is 5.25. The molecule has 0 saturated carbocycles. The van der Waals surface area contributed by atoms with Crippen molar-refractivity contribution in [2.75, 3.05) is 0 Å². The molecule has 0 spiro atoms. The summed E-state index contributed by atoms with van der Waals surface area (Å²) in [6.45, 7) is 0. The summed E-state index contributed by atoms with van der Waals surface area (Å²) >= 11 is 1.35. The van der Waals surface area contributed by atoms with Gasteiger partial charge in [-0.2, -0.15) is 0 Å². The van der Waals surface area contributed by atoms with Crippen molar-refractivity contribution in [2.45, 2.75) is 0 Å². The minimum atomic E-state index is -0.548. The largest absolute Gasteiger partial charge is 0.208 e. The van der Waals surface area contributed by atoms with E-state index >= 15 is 0 Å². The van der Waals surface area contributed by atoms with E-state index in [1.807, 2.05) is 103 Å². The van der Waals surface area contributed by atoms with Crippen molar-refractivity contribution < 1.29 is 13.7 Å². The Morgan fingerprint density at radius 2 is 0.980 bits per heavy atom. The normalized spacial score (nSPS) is 14.3. The van der Waals surface area contributed by atoms with Crippen LogP contribution in [-0.2, 0) is 0 Å². The highest BCUT2D eigenvalue weighted by Gasteiger charge is 2.20. The van der Waals surface area contributed by atoms with Crippen molar-refractivity contribution in [3.05, 3.63) is 176 Å². The second kappa shape index (κ2) is 12.1. The summed E-state index contributed by atoms with van der Waals surface area (Å²) in [4.78, 5) is 15.3. The topological polar surface area (TPSA) is 38.7 Å². The highest BCUT2D eigenvalue weighted by molar-refractivity contribution is 7.26. The average molecular weight is 678 g/mol. The molecule has 51 heavy (non-hydrogen) atoms. The molecule has 238 valence electrons. The van der Waals surface area contributed by atoms with Crippen LogP contribution in [0.25, 0.3) is 98.1 Å². The molecular weight excluding hydrogens is 639 g/mol. The van der Waals surface area contributed by atoms with Crippen molar-refractivity contribution in [1.82, 2.24) is 15.0 Å². The van der Waals surface area contributed by atoms with Crippen molar-refractivity contribution >= 4 is 53.1 Å². The quantitative estimate of drug-likeness (QED) is 0.182. The Hall–Kier alpha value is -6.49. The van der Waals surface area contributed by atoms with E-state index in [0.29, 0.717) is 38.5 Å². The monoisotopic (exact) mass is 677 g/mol. The van der Waals surface area contributed by atoms with Crippen LogP contribution in [0.3, 0.4) is 0 Å². The maximum atomic E-state index is 8.97. The van der Waals surface area contributed by atoms with Gasteiger partial charge < -0.3 is 0 Å². The zero-order valence-electron chi connectivity index (χ0n) is 36.7. The molecule has 0 aliphatic carbocycles. The average Bonchev–Trinajstić information content (AvgIpc) is 3.67. The van der Waals surface area contributed by atoms with Crippen molar-refractivity contribution in [3.8, 4) is 56.4 Å². The highest BCUT2D eigenvalue weighted by Crippen LogP contribution is 2.45. The van der Waals surface area contributed by atoms with Gasteiger partial charge in [-0.1, -0.05) is 145 Å². The Kier molecular flexibility index (Phi) is 4.97. The number of hydrogen-bond acceptors (Lipinski definition) is 4. The molecule has 0 aliphatic rings. The number of rotatable bonds is 5. The van der Waals surface area contributed by atoms with Gasteiger partial charge in [-0.25, -0.2) is 15.0 Å². The molecule has 0 unspecified atom stereocenters. The van der Waals surface area contributed by atoms with Crippen LogP contribution in [0.2, 0.25) is 0 Å². The molecule has 0 radical (unpaired) electrons. The zero-order chi connectivity index (χ0) is 42.4. The molecule has 0 fully saturated rings. The van der Waals surface area contributed by atoms with Gasteiger partial charge in [0.15, 0.2) is 17.5 Å². The fourth-order valence-corrected chi connectivity index (χ4v) is 7.87. The number of nitrogens with zero attached hydrogens (tertiary/aromatic N) is 3. The summed E-state index contributed by atoms with van der Waals surface area (Å²) in [6, 6.07) is 32.2. The lowest BCUT2D eigenvalue weighted by Gasteiger charge is -2.11. The molecule has 0 atom stereocenters. The predicted octanol–water partition coefficient (Wildman–Crippen LogP) is 12.9. The lowest BCUT2D eigenvalue weighted by atomic mass is 9.95. The summed E-state index contributed by atoms with van der Waals surface area (Å²) in [6.07, 6.45) is 0. The van der Waals surface area contributed by atoms with Gasteiger partial charge in [0.2, 0.25) is 0 Å². The molecule has 3 nitrogen and oxygen atoms in total. The summed E-state index contributed by atoms with van der Waals surface area (Å²) < 4.78 is 87.6. The molecule has 0 amide bonds. The van der Waals surface area contributed by atoms with Gasteiger partial charge in [0.25, 0.3) is 0 Å². The summed E-state index contributed by atoms with van der Waals surface area (Å²) in [7, 11) is 0. The molecule has 10 rings (SSSR count). The molecule has 2 heterocycles. The minimum absolute atomic E-state index is 0.0735. The molecule has 2 aromatic heterocycles. The SMILES string of the molecule is [2H]c1c([2H])c([2H])c(-c2cc(-c3c([2H])c([2H])c([2H])c([2H])c3[2H])c3sc4cccc(-c5nc(-c6ccc7ccccc7c6)nc(-c6ccc7ccccc7c6)n5)c4c3c2)c([2H])c1[2H]. The van der Waals surface area contributed by atoms with Crippen molar-refractivity contribution in [1.29, 1.82) is 0 Å². The molecule has 0 aliphatic heterocycles. The van der Waals surface area contributed by atoms with Crippen LogP contribution in [0.15, 0.2) is 176 Å². The number of hydrogen-bond donors (Lipinski definition) is 0. The lowest BCUT2D eigenvalue weighted by Crippen LogP contribution is -2.00. The molecular formula is C47H29N3S. The molecule has 0 saturated heterocycles. The first kappa shape index (κ1) is 20.9. The Morgan fingerprint density at radius 1 is 0.412 bits per heavy atom. The van der Waals surface area contributed by atoms with Crippen LogP contribution in [0.1, 0.15) is 13.7 Å². The van der Waals surface area contributed by atoms with E-state index in [2.05, 4.69) is 0 Å². The third-order valence-corrected chi connectivity index (χ3v) is 10.3. The van der Waals surface area contributed by atoms with Gasteiger partial charge in [-0.05, 0) is 68.6 Å². The predicted molar refractivity (Wildman–Crippen MR) is 215 cm³/mol. The minimum Gasteiger partial charge on any atom is -0.208 e. The standard InChI is InChI=1S/C47H29N3S/c1-3-12-30(13-4-1)38-28-40(33-16-5-2-6-17-33)44-41(29-38)43-39(20-11-21-42(43)51-44)47-49-45(36-24-22-31-14-7-9-18-34(31)26-36)48-46(50-47)37-25-23-32-15-8-10-19-35(32)27-37/h1-29H/i1D,2D,3D,4D,5D,6D,12D,13D,16D,17D. The fraction of sp³-hybridized carbons (Fsp3) is 0. The summed E-state index contributed by atoms with van der Waals surface area (Å²) in [5.41, 5.74) is 2.47.